The number of carbonyl (C=O) groups excluding carboxylic acids is 1. The Labute approximate surface area is 117 Å². The molecule has 0 saturated carbocycles. The first-order valence-corrected chi connectivity index (χ1v) is 6.07. The summed E-state index contributed by atoms with van der Waals surface area (Å²) in [4.78, 5) is 22.6. The second-order valence-corrected chi connectivity index (χ2v) is 4.24. The van der Waals surface area contributed by atoms with Crippen molar-refractivity contribution in [1.82, 2.24) is 5.32 Å². The summed E-state index contributed by atoms with van der Waals surface area (Å²) in [5, 5.41) is 14.3. The Balaban J connectivity index is 2.75. The lowest BCUT2D eigenvalue weighted by molar-refractivity contribution is 0.0693. The van der Waals surface area contributed by atoms with Crippen LogP contribution >= 0.6 is 0 Å². The number of carboxylic acids is 1. The summed E-state index contributed by atoms with van der Waals surface area (Å²) in [6.45, 7) is 5.45. The summed E-state index contributed by atoms with van der Waals surface area (Å²) >= 11 is 0. The maximum absolute atomic E-state index is 11.7. The fourth-order valence-electron chi connectivity index (χ4n) is 1.65. The molecule has 0 aliphatic rings. The molecular formula is C14H18N2O4. The van der Waals surface area contributed by atoms with E-state index in [2.05, 4.69) is 17.2 Å². The Kier molecular flexibility index (Phi) is 5.58. The van der Waals surface area contributed by atoms with Crippen molar-refractivity contribution in [2.45, 2.75) is 19.4 Å². The second kappa shape index (κ2) is 7.18. The van der Waals surface area contributed by atoms with Crippen molar-refractivity contribution in [1.29, 1.82) is 0 Å². The van der Waals surface area contributed by atoms with Crippen molar-refractivity contribution in [2.75, 3.05) is 12.4 Å². The quantitative estimate of drug-likeness (QED) is 0.697. The molecule has 0 aromatic heterocycles. The molecule has 0 spiro atoms. The SMILES string of the molecule is C=CCC(C)NC(=O)Nc1ccc(C(=O)O)c(OC)c1. The van der Waals surface area contributed by atoms with Crippen molar-refractivity contribution in [3.63, 3.8) is 0 Å². The number of ether oxygens (including phenoxy) is 1. The summed E-state index contributed by atoms with van der Waals surface area (Å²) in [5.74, 6) is -0.896. The van der Waals surface area contributed by atoms with E-state index >= 15 is 0 Å². The molecule has 0 fully saturated rings. The predicted molar refractivity (Wildman–Crippen MR) is 76.4 cm³/mol. The third-order valence-electron chi connectivity index (χ3n) is 2.59. The van der Waals surface area contributed by atoms with Crippen LogP contribution in [0.25, 0.3) is 0 Å². The molecule has 20 heavy (non-hydrogen) atoms. The van der Waals surface area contributed by atoms with Gasteiger partial charge in [-0.3, -0.25) is 0 Å². The van der Waals surface area contributed by atoms with Gasteiger partial charge in [0, 0.05) is 17.8 Å². The van der Waals surface area contributed by atoms with Crippen LogP contribution in [0.5, 0.6) is 5.75 Å². The molecule has 0 radical (unpaired) electrons. The van der Waals surface area contributed by atoms with Gasteiger partial charge in [-0.25, -0.2) is 9.59 Å². The number of hydrogen-bond donors (Lipinski definition) is 3. The van der Waals surface area contributed by atoms with Crippen LogP contribution in [0.2, 0.25) is 0 Å². The van der Waals surface area contributed by atoms with Gasteiger partial charge in [-0.05, 0) is 25.5 Å². The molecule has 108 valence electrons. The summed E-state index contributed by atoms with van der Waals surface area (Å²) in [6.07, 6.45) is 2.38. The van der Waals surface area contributed by atoms with Gasteiger partial charge < -0.3 is 20.5 Å². The highest BCUT2D eigenvalue weighted by atomic mass is 16.5. The van der Waals surface area contributed by atoms with Gasteiger partial charge in [0.1, 0.15) is 11.3 Å². The molecule has 1 aromatic carbocycles. The smallest absolute Gasteiger partial charge is 0.339 e. The average Bonchev–Trinajstić information content (AvgIpc) is 2.38. The first-order valence-electron chi connectivity index (χ1n) is 6.07. The molecule has 3 N–H and O–H groups in total. The number of benzene rings is 1. The van der Waals surface area contributed by atoms with E-state index in [1.165, 1.54) is 25.3 Å². The van der Waals surface area contributed by atoms with E-state index in [4.69, 9.17) is 9.84 Å². The molecule has 0 aliphatic heterocycles. The van der Waals surface area contributed by atoms with Crippen LogP contribution in [0.1, 0.15) is 23.7 Å². The number of carbonyl (C=O) groups is 2. The van der Waals surface area contributed by atoms with E-state index in [1.807, 2.05) is 6.92 Å². The third kappa shape index (κ3) is 4.31. The molecule has 1 rings (SSSR count). The maximum Gasteiger partial charge on any atom is 0.339 e. The number of aromatic carboxylic acids is 1. The summed E-state index contributed by atoms with van der Waals surface area (Å²) in [7, 11) is 1.37. The molecule has 6 nitrogen and oxygen atoms in total. The molecule has 1 unspecified atom stereocenters. The standard InChI is InChI=1S/C14H18N2O4/c1-4-5-9(2)15-14(19)16-10-6-7-11(13(17)18)12(8-10)20-3/h4,6-9H,1,5H2,2-3H3,(H,17,18)(H2,15,16,19). The van der Waals surface area contributed by atoms with Gasteiger partial charge in [-0.15, -0.1) is 6.58 Å². The van der Waals surface area contributed by atoms with Crippen LogP contribution in [0.4, 0.5) is 10.5 Å². The van der Waals surface area contributed by atoms with E-state index in [1.54, 1.807) is 6.08 Å². The van der Waals surface area contributed by atoms with Crippen LogP contribution in [0.15, 0.2) is 30.9 Å². The van der Waals surface area contributed by atoms with E-state index < -0.39 is 5.97 Å². The molecule has 0 bridgehead atoms. The van der Waals surface area contributed by atoms with Crippen molar-refractivity contribution >= 4 is 17.7 Å². The first kappa shape index (κ1) is 15.6. The Morgan fingerprint density at radius 2 is 2.20 bits per heavy atom. The average molecular weight is 278 g/mol. The molecule has 1 aromatic rings. The Morgan fingerprint density at radius 3 is 2.75 bits per heavy atom. The fourth-order valence-corrected chi connectivity index (χ4v) is 1.65. The number of carboxylic acid groups (broad SMARTS) is 1. The van der Waals surface area contributed by atoms with E-state index in [9.17, 15) is 9.59 Å². The fraction of sp³-hybridized carbons (Fsp3) is 0.286. The van der Waals surface area contributed by atoms with Gasteiger partial charge in [-0.1, -0.05) is 6.08 Å². The zero-order valence-electron chi connectivity index (χ0n) is 11.5. The van der Waals surface area contributed by atoms with Gasteiger partial charge in [0.05, 0.1) is 7.11 Å². The van der Waals surface area contributed by atoms with Crippen molar-refractivity contribution in [3.05, 3.63) is 36.4 Å². The number of nitrogens with one attached hydrogen (secondary N) is 2. The van der Waals surface area contributed by atoms with Crippen LogP contribution in [-0.4, -0.2) is 30.3 Å². The van der Waals surface area contributed by atoms with Gasteiger partial charge >= 0.3 is 12.0 Å². The summed E-state index contributed by atoms with van der Waals surface area (Å²) in [5.41, 5.74) is 0.494. The van der Waals surface area contributed by atoms with Crippen LogP contribution in [0.3, 0.4) is 0 Å². The number of rotatable bonds is 6. The van der Waals surface area contributed by atoms with Gasteiger partial charge in [-0.2, -0.15) is 0 Å². The third-order valence-corrected chi connectivity index (χ3v) is 2.59. The number of anilines is 1. The molecule has 0 saturated heterocycles. The van der Waals surface area contributed by atoms with Crippen molar-refractivity contribution in [3.8, 4) is 5.75 Å². The van der Waals surface area contributed by atoms with Gasteiger partial charge in [0.2, 0.25) is 0 Å². The largest absolute Gasteiger partial charge is 0.496 e. The molecule has 0 heterocycles. The molecular weight excluding hydrogens is 260 g/mol. The Hall–Kier alpha value is -2.50. The maximum atomic E-state index is 11.7. The lowest BCUT2D eigenvalue weighted by atomic mass is 10.2. The highest BCUT2D eigenvalue weighted by molar-refractivity contribution is 5.94. The van der Waals surface area contributed by atoms with Gasteiger partial charge in [0.25, 0.3) is 0 Å². The molecule has 2 amide bonds. The zero-order chi connectivity index (χ0) is 15.1. The Bertz CT molecular complexity index is 514. The van der Waals surface area contributed by atoms with Crippen molar-refractivity contribution in [2.24, 2.45) is 0 Å². The normalized spacial score (nSPS) is 11.3. The lowest BCUT2D eigenvalue weighted by Gasteiger charge is -2.13. The number of amides is 2. The minimum absolute atomic E-state index is 0.0345. The Morgan fingerprint density at radius 1 is 1.50 bits per heavy atom. The number of methoxy groups -OCH3 is 1. The molecule has 0 aliphatic carbocycles. The minimum atomic E-state index is -1.09. The number of hydrogen-bond acceptors (Lipinski definition) is 3. The monoisotopic (exact) mass is 278 g/mol. The number of urea groups is 1. The van der Waals surface area contributed by atoms with E-state index in [0.29, 0.717) is 12.1 Å². The van der Waals surface area contributed by atoms with E-state index in [-0.39, 0.29) is 23.4 Å². The highest BCUT2D eigenvalue weighted by Gasteiger charge is 2.12. The van der Waals surface area contributed by atoms with Gasteiger partial charge in [0.15, 0.2) is 0 Å². The second-order valence-electron chi connectivity index (χ2n) is 4.24. The van der Waals surface area contributed by atoms with Crippen LogP contribution in [0, 0.1) is 0 Å². The summed E-state index contributed by atoms with van der Waals surface area (Å²) in [6, 6.07) is 3.94. The van der Waals surface area contributed by atoms with Crippen LogP contribution < -0.4 is 15.4 Å². The molecule has 1 atom stereocenters. The lowest BCUT2D eigenvalue weighted by Crippen LogP contribution is -2.35. The van der Waals surface area contributed by atoms with Crippen LogP contribution in [-0.2, 0) is 0 Å². The molecule has 6 heteroatoms. The minimum Gasteiger partial charge on any atom is -0.496 e. The topological polar surface area (TPSA) is 87.7 Å². The summed E-state index contributed by atoms with van der Waals surface area (Å²) < 4.78 is 4.98. The highest BCUT2D eigenvalue weighted by Crippen LogP contribution is 2.23. The zero-order valence-corrected chi connectivity index (χ0v) is 11.5. The predicted octanol–water partition coefficient (Wildman–Crippen LogP) is 2.48. The van der Waals surface area contributed by atoms with Crippen molar-refractivity contribution < 1.29 is 19.4 Å². The first-order chi connectivity index (χ1) is 9.47. The van der Waals surface area contributed by atoms with E-state index in [0.717, 1.165) is 0 Å².